The number of carbonyl (C=O) groups excluding carboxylic acids is 2. The molecule has 0 fully saturated rings. The number of ether oxygens (including phenoxy) is 2. The first-order valence-electron chi connectivity index (χ1n) is 10.6. The molecule has 1 amide bonds. The van der Waals surface area contributed by atoms with Crippen LogP contribution in [-0.4, -0.2) is 35.5 Å². The topological polar surface area (TPSA) is 102 Å². The lowest BCUT2D eigenvalue weighted by Crippen LogP contribution is -2.30. The molecule has 9 heteroatoms. The number of nitrogens with zero attached hydrogens (tertiary/aromatic N) is 2. The van der Waals surface area contributed by atoms with Crippen LogP contribution in [0.4, 0.5) is 5.13 Å². The van der Waals surface area contributed by atoms with Crippen LogP contribution in [0.3, 0.4) is 0 Å². The van der Waals surface area contributed by atoms with E-state index in [0.29, 0.717) is 34.3 Å². The van der Waals surface area contributed by atoms with Crippen LogP contribution in [0.5, 0.6) is 11.5 Å². The first-order valence-corrected chi connectivity index (χ1v) is 11.5. The molecule has 1 aliphatic heterocycles. The molecule has 176 valence electrons. The zero-order chi connectivity index (χ0) is 24.5. The minimum Gasteiger partial charge on any atom is -0.503 e. The number of amides is 1. The number of anilines is 1. The number of benzene rings is 2. The van der Waals surface area contributed by atoms with E-state index in [2.05, 4.69) is 11.6 Å². The Morgan fingerprint density at radius 3 is 2.69 bits per heavy atom. The normalized spacial score (nSPS) is 15.6. The molecule has 1 aliphatic rings. The van der Waals surface area contributed by atoms with Crippen LogP contribution < -0.4 is 14.4 Å². The van der Waals surface area contributed by atoms with Gasteiger partial charge in [0, 0.05) is 0 Å². The number of fused-ring (bicyclic) bond motifs is 1. The maximum Gasteiger partial charge on any atom is 0.296 e. The van der Waals surface area contributed by atoms with Crippen molar-refractivity contribution in [2.45, 2.75) is 6.04 Å². The highest BCUT2D eigenvalue weighted by atomic mass is 32.1. The monoisotopic (exact) mass is 488 g/mol. The van der Waals surface area contributed by atoms with Crippen LogP contribution in [-0.2, 0) is 4.79 Å². The Hall–Kier alpha value is -4.37. The molecule has 2 aromatic carbocycles. The van der Waals surface area contributed by atoms with E-state index in [1.54, 1.807) is 55.7 Å². The van der Waals surface area contributed by atoms with Crippen LogP contribution in [0.15, 0.2) is 89.3 Å². The summed E-state index contributed by atoms with van der Waals surface area (Å²) in [5, 5.41) is 11.2. The molecule has 0 bridgehead atoms. The van der Waals surface area contributed by atoms with Crippen molar-refractivity contribution in [1.82, 2.24) is 4.98 Å². The predicted octanol–water partition coefficient (Wildman–Crippen LogP) is 5.25. The van der Waals surface area contributed by atoms with Gasteiger partial charge < -0.3 is 19.0 Å². The summed E-state index contributed by atoms with van der Waals surface area (Å²) in [6.45, 7) is 3.97. The van der Waals surface area contributed by atoms with Crippen molar-refractivity contribution < 1.29 is 28.6 Å². The molecule has 5 rings (SSSR count). The smallest absolute Gasteiger partial charge is 0.296 e. The number of methoxy groups -OCH3 is 1. The van der Waals surface area contributed by atoms with Gasteiger partial charge >= 0.3 is 0 Å². The van der Waals surface area contributed by atoms with E-state index in [-0.39, 0.29) is 11.3 Å². The van der Waals surface area contributed by atoms with Gasteiger partial charge in [-0.05, 0) is 48.0 Å². The van der Waals surface area contributed by atoms with E-state index in [9.17, 15) is 14.7 Å². The van der Waals surface area contributed by atoms with E-state index in [1.807, 2.05) is 6.07 Å². The number of aliphatic hydroxyl groups is 1. The zero-order valence-corrected chi connectivity index (χ0v) is 19.5. The summed E-state index contributed by atoms with van der Waals surface area (Å²) in [6, 6.07) is 14.5. The van der Waals surface area contributed by atoms with Gasteiger partial charge in [-0.1, -0.05) is 36.1 Å². The number of ketones is 1. The summed E-state index contributed by atoms with van der Waals surface area (Å²) >= 11 is 1.26. The number of aliphatic hydroxyl groups excluding tert-OH is 1. The molecule has 8 nitrogen and oxygen atoms in total. The van der Waals surface area contributed by atoms with E-state index < -0.39 is 23.5 Å². The Morgan fingerprint density at radius 1 is 1.23 bits per heavy atom. The third-order valence-electron chi connectivity index (χ3n) is 5.55. The van der Waals surface area contributed by atoms with Crippen molar-refractivity contribution in [2.24, 2.45) is 0 Å². The molecule has 4 aromatic rings. The minimum atomic E-state index is -0.920. The number of thiazole rings is 1. The summed E-state index contributed by atoms with van der Waals surface area (Å²) < 4.78 is 16.9. The van der Waals surface area contributed by atoms with Gasteiger partial charge in [-0.2, -0.15) is 0 Å². The quantitative estimate of drug-likeness (QED) is 0.267. The molecule has 3 heterocycles. The third kappa shape index (κ3) is 3.95. The standard InChI is InChI=1S/C26H20N2O6S/c1-3-12-33-16-8-6-15(7-9-16)22-21(23(29)19-5-4-13-34-19)24(30)25(31)28(22)26-27-18-11-10-17(32-2)14-20(18)35-26/h3-11,13-14,22,30H,1,12H2,2H3. The molecular formula is C26H20N2O6S. The third-order valence-corrected chi connectivity index (χ3v) is 6.57. The number of furan rings is 1. The van der Waals surface area contributed by atoms with Crippen molar-refractivity contribution in [1.29, 1.82) is 0 Å². The lowest BCUT2D eigenvalue weighted by molar-refractivity contribution is -0.117. The van der Waals surface area contributed by atoms with Gasteiger partial charge in [0.1, 0.15) is 18.1 Å². The van der Waals surface area contributed by atoms with Gasteiger partial charge in [0.25, 0.3) is 5.91 Å². The highest BCUT2D eigenvalue weighted by molar-refractivity contribution is 7.22. The largest absolute Gasteiger partial charge is 0.503 e. The van der Waals surface area contributed by atoms with Crippen molar-refractivity contribution in [3.63, 3.8) is 0 Å². The summed E-state index contributed by atoms with van der Waals surface area (Å²) in [4.78, 5) is 32.6. The van der Waals surface area contributed by atoms with Gasteiger partial charge in [-0.25, -0.2) is 4.98 Å². The fraction of sp³-hybridized carbons (Fsp3) is 0.115. The fourth-order valence-electron chi connectivity index (χ4n) is 3.91. The number of carbonyl (C=O) groups is 2. The molecule has 1 N–H and O–H groups in total. The van der Waals surface area contributed by atoms with Gasteiger partial charge in [0.15, 0.2) is 16.7 Å². The SMILES string of the molecule is C=CCOc1ccc(C2C(C(=O)c3ccco3)=C(O)C(=O)N2c2nc3ccc(OC)cc3s2)cc1. The van der Waals surface area contributed by atoms with Crippen LogP contribution in [0.1, 0.15) is 22.2 Å². The molecule has 0 saturated heterocycles. The Bertz CT molecular complexity index is 1450. The molecule has 1 atom stereocenters. The zero-order valence-electron chi connectivity index (χ0n) is 18.6. The highest BCUT2D eigenvalue weighted by Crippen LogP contribution is 2.44. The molecule has 0 radical (unpaired) electrons. The number of aromatic nitrogens is 1. The molecule has 1 unspecified atom stereocenters. The maximum absolute atomic E-state index is 13.3. The molecule has 35 heavy (non-hydrogen) atoms. The van der Waals surface area contributed by atoms with Crippen LogP contribution in [0.2, 0.25) is 0 Å². The number of hydrogen-bond donors (Lipinski definition) is 1. The van der Waals surface area contributed by atoms with E-state index in [4.69, 9.17) is 13.9 Å². The molecule has 2 aromatic heterocycles. The first kappa shape index (κ1) is 22.4. The molecule has 0 saturated carbocycles. The second-order valence-corrected chi connectivity index (χ2v) is 8.65. The van der Waals surface area contributed by atoms with Crippen LogP contribution in [0.25, 0.3) is 10.2 Å². The number of hydrogen-bond acceptors (Lipinski definition) is 8. The lowest BCUT2D eigenvalue weighted by Gasteiger charge is -2.24. The van der Waals surface area contributed by atoms with Gasteiger partial charge in [-0.3, -0.25) is 14.5 Å². The second kappa shape index (κ2) is 9.11. The van der Waals surface area contributed by atoms with Crippen molar-refractivity contribution >= 4 is 38.4 Å². The first-order chi connectivity index (χ1) is 17.0. The van der Waals surface area contributed by atoms with Crippen molar-refractivity contribution in [2.75, 3.05) is 18.6 Å². The predicted molar refractivity (Wildman–Crippen MR) is 131 cm³/mol. The molecule has 0 aliphatic carbocycles. The fourth-order valence-corrected chi connectivity index (χ4v) is 4.94. The average molecular weight is 489 g/mol. The Labute approximate surface area is 204 Å². The molecule has 0 spiro atoms. The Balaban J connectivity index is 1.62. The van der Waals surface area contributed by atoms with E-state index in [0.717, 1.165) is 4.70 Å². The summed E-state index contributed by atoms with van der Waals surface area (Å²) in [5.74, 6) is -0.664. The van der Waals surface area contributed by atoms with Crippen LogP contribution >= 0.6 is 11.3 Å². The van der Waals surface area contributed by atoms with Gasteiger partial charge in [0.2, 0.25) is 5.78 Å². The summed E-state index contributed by atoms with van der Waals surface area (Å²) in [6.07, 6.45) is 3.00. The second-order valence-electron chi connectivity index (χ2n) is 7.65. The Morgan fingerprint density at radius 2 is 2.00 bits per heavy atom. The Kier molecular flexibility index (Phi) is 5.84. The molecular weight excluding hydrogens is 468 g/mol. The van der Waals surface area contributed by atoms with E-state index >= 15 is 0 Å². The number of Topliss-reactive ketones (excluding diaryl/α,β-unsaturated/α-hetero) is 1. The summed E-state index contributed by atoms with van der Waals surface area (Å²) in [5.41, 5.74) is 1.18. The maximum atomic E-state index is 13.3. The van der Waals surface area contributed by atoms with Crippen molar-refractivity contribution in [3.05, 3.63) is 96.2 Å². The van der Waals surface area contributed by atoms with E-state index in [1.165, 1.54) is 28.6 Å². The minimum absolute atomic E-state index is 0.0196. The van der Waals surface area contributed by atoms with Crippen molar-refractivity contribution in [3.8, 4) is 11.5 Å². The average Bonchev–Trinajstić information content (AvgIpc) is 3.61. The summed E-state index contributed by atoms with van der Waals surface area (Å²) in [7, 11) is 1.57. The van der Waals surface area contributed by atoms with Gasteiger partial charge in [0.05, 0.1) is 35.2 Å². The van der Waals surface area contributed by atoms with Crippen LogP contribution in [0, 0.1) is 0 Å². The lowest BCUT2D eigenvalue weighted by atomic mass is 9.95. The van der Waals surface area contributed by atoms with Gasteiger partial charge in [-0.15, -0.1) is 0 Å². The highest BCUT2D eigenvalue weighted by Gasteiger charge is 2.46. The number of rotatable bonds is 8.